The van der Waals surface area contributed by atoms with Gasteiger partial charge in [-0.25, -0.2) is 4.98 Å². The zero-order valence-corrected chi connectivity index (χ0v) is 12.2. The second-order valence-electron chi connectivity index (χ2n) is 4.24. The van der Waals surface area contributed by atoms with Crippen molar-refractivity contribution in [2.75, 3.05) is 13.7 Å². The van der Waals surface area contributed by atoms with E-state index in [1.54, 1.807) is 18.9 Å². The van der Waals surface area contributed by atoms with Crippen molar-refractivity contribution in [1.29, 1.82) is 0 Å². The molecule has 0 amide bonds. The highest BCUT2D eigenvalue weighted by Gasteiger charge is 2.16. The van der Waals surface area contributed by atoms with Crippen LogP contribution in [0.15, 0.2) is 33.9 Å². The number of oxazole rings is 1. The van der Waals surface area contributed by atoms with E-state index in [1.807, 2.05) is 38.1 Å². The smallest absolute Gasteiger partial charge is 0.256 e. The van der Waals surface area contributed by atoms with Gasteiger partial charge in [-0.15, -0.1) is 0 Å². The maximum atomic E-state index is 5.85. The van der Waals surface area contributed by atoms with E-state index in [2.05, 4.69) is 4.98 Å². The summed E-state index contributed by atoms with van der Waals surface area (Å²) in [5.74, 6) is 1.69. The number of methoxy groups -OCH3 is 1. The van der Waals surface area contributed by atoms with Gasteiger partial charge in [0.15, 0.2) is 0 Å². The number of nitrogens with zero attached hydrogens (tertiary/aromatic N) is 1. The summed E-state index contributed by atoms with van der Waals surface area (Å²) in [6.45, 7) is 4.38. The summed E-state index contributed by atoms with van der Waals surface area (Å²) in [7, 11) is 1.66. The molecule has 2 aromatic rings. The summed E-state index contributed by atoms with van der Waals surface area (Å²) in [6.07, 6.45) is 0. The Morgan fingerprint density at radius 3 is 2.47 bits per heavy atom. The number of nitrogens with two attached hydrogens (primary N) is 1. The molecule has 0 aliphatic rings. The highest BCUT2D eigenvalue weighted by molar-refractivity contribution is 7.99. The molecule has 1 heterocycles. The Hall–Kier alpha value is -1.46. The molecule has 102 valence electrons. The second-order valence-corrected chi connectivity index (χ2v) is 5.39. The molecule has 2 rings (SSSR count). The number of hydrogen-bond acceptors (Lipinski definition) is 5. The molecule has 0 radical (unpaired) electrons. The number of aromatic nitrogens is 1. The van der Waals surface area contributed by atoms with Crippen LogP contribution in [0.1, 0.15) is 22.3 Å². The SMILES string of the molecule is COc1ccc(C(CN)Sc2nc(C)c(C)o2)cc1. The fourth-order valence-electron chi connectivity index (χ4n) is 1.69. The Balaban J connectivity index is 2.14. The van der Waals surface area contributed by atoms with E-state index in [1.165, 1.54) is 0 Å². The van der Waals surface area contributed by atoms with Gasteiger partial charge in [0, 0.05) is 6.54 Å². The van der Waals surface area contributed by atoms with E-state index in [9.17, 15) is 0 Å². The average molecular weight is 278 g/mol. The third-order valence-corrected chi connectivity index (χ3v) is 4.08. The van der Waals surface area contributed by atoms with Gasteiger partial charge in [-0.1, -0.05) is 23.9 Å². The van der Waals surface area contributed by atoms with Crippen LogP contribution in [0.4, 0.5) is 0 Å². The van der Waals surface area contributed by atoms with Crippen molar-refractivity contribution in [3.05, 3.63) is 41.3 Å². The van der Waals surface area contributed by atoms with Crippen LogP contribution in [0.25, 0.3) is 0 Å². The minimum atomic E-state index is 0.128. The summed E-state index contributed by atoms with van der Waals surface area (Å²) in [4.78, 5) is 4.37. The molecular formula is C14H18N2O2S. The lowest BCUT2D eigenvalue weighted by Crippen LogP contribution is -2.09. The summed E-state index contributed by atoms with van der Waals surface area (Å²) in [6, 6.07) is 7.91. The van der Waals surface area contributed by atoms with Gasteiger partial charge in [0.25, 0.3) is 5.22 Å². The Morgan fingerprint density at radius 2 is 2.00 bits per heavy atom. The molecule has 1 atom stereocenters. The van der Waals surface area contributed by atoms with Crippen molar-refractivity contribution in [1.82, 2.24) is 4.98 Å². The molecule has 0 saturated heterocycles. The van der Waals surface area contributed by atoms with Crippen LogP contribution < -0.4 is 10.5 Å². The van der Waals surface area contributed by atoms with Crippen molar-refractivity contribution in [3.63, 3.8) is 0 Å². The molecule has 0 fully saturated rings. The predicted octanol–water partition coefficient (Wildman–Crippen LogP) is 3.09. The second kappa shape index (κ2) is 6.12. The highest BCUT2D eigenvalue weighted by atomic mass is 32.2. The maximum absolute atomic E-state index is 5.85. The lowest BCUT2D eigenvalue weighted by molar-refractivity contribution is 0.414. The fourth-order valence-corrected chi connectivity index (χ4v) is 2.68. The molecule has 19 heavy (non-hydrogen) atoms. The molecule has 0 aliphatic heterocycles. The molecular weight excluding hydrogens is 260 g/mol. The summed E-state index contributed by atoms with van der Waals surface area (Å²) >= 11 is 1.55. The van der Waals surface area contributed by atoms with E-state index in [0.29, 0.717) is 11.8 Å². The molecule has 1 aromatic carbocycles. The topological polar surface area (TPSA) is 61.3 Å². The number of thioether (sulfide) groups is 1. The van der Waals surface area contributed by atoms with Gasteiger partial charge in [-0.3, -0.25) is 0 Å². The lowest BCUT2D eigenvalue weighted by Gasteiger charge is -2.12. The van der Waals surface area contributed by atoms with Crippen molar-refractivity contribution in [3.8, 4) is 5.75 Å². The largest absolute Gasteiger partial charge is 0.497 e. The zero-order chi connectivity index (χ0) is 13.8. The summed E-state index contributed by atoms with van der Waals surface area (Å²) in [5, 5.41) is 0.796. The van der Waals surface area contributed by atoms with E-state index in [-0.39, 0.29) is 5.25 Å². The zero-order valence-electron chi connectivity index (χ0n) is 11.3. The number of aryl methyl sites for hydroxylation is 2. The van der Waals surface area contributed by atoms with E-state index < -0.39 is 0 Å². The molecule has 0 bridgehead atoms. The highest BCUT2D eigenvalue weighted by Crippen LogP contribution is 2.35. The van der Waals surface area contributed by atoms with Gasteiger partial charge in [0.1, 0.15) is 11.5 Å². The van der Waals surface area contributed by atoms with Gasteiger partial charge in [-0.2, -0.15) is 0 Å². The molecule has 0 aliphatic carbocycles. The third kappa shape index (κ3) is 3.30. The normalized spacial score (nSPS) is 12.4. The van der Waals surface area contributed by atoms with Gasteiger partial charge < -0.3 is 14.9 Å². The molecule has 0 spiro atoms. The van der Waals surface area contributed by atoms with Crippen LogP contribution in [-0.2, 0) is 0 Å². The number of rotatable bonds is 5. The monoisotopic (exact) mass is 278 g/mol. The fraction of sp³-hybridized carbons (Fsp3) is 0.357. The molecule has 4 nitrogen and oxygen atoms in total. The Labute approximate surface area is 117 Å². The first kappa shape index (κ1) is 14.0. The van der Waals surface area contributed by atoms with Crippen molar-refractivity contribution in [2.45, 2.75) is 24.3 Å². The van der Waals surface area contributed by atoms with Gasteiger partial charge in [-0.05, 0) is 31.5 Å². The van der Waals surface area contributed by atoms with Crippen molar-refractivity contribution < 1.29 is 9.15 Å². The predicted molar refractivity (Wildman–Crippen MR) is 76.6 cm³/mol. The van der Waals surface area contributed by atoms with Crippen LogP contribution in [0, 0.1) is 13.8 Å². The van der Waals surface area contributed by atoms with E-state index in [0.717, 1.165) is 22.8 Å². The van der Waals surface area contributed by atoms with Gasteiger partial charge >= 0.3 is 0 Å². The van der Waals surface area contributed by atoms with Crippen LogP contribution >= 0.6 is 11.8 Å². The van der Waals surface area contributed by atoms with Crippen molar-refractivity contribution in [2.24, 2.45) is 5.73 Å². The Bertz CT molecular complexity index is 517. The Morgan fingerprint density at radius 1 is 1.32 bits per heavy atom. The maximum Gasteiger partial charge on any atom is 0.256 e. The van der Waals surface area contributed by atoms with Crippen LogP contribution in [-0.4, -0.2) is 18.6 Å². The minimum absolute atomic E-state index is 0.128. The summed E-state index contributed by atoms with van der Waals surface area (Å²) in [5.41, 5.74) is 7.91. The van der Waals surface area contributed by atoms with Crippen LogP contribution in [0.5, 0.6) is 5.75 Å². The molecule has 0 saturated carbocycles. The molecule has 1 unspecified atom stereocenters. The van der Waals surface area contributed by atoms with Crippen molar-refractivity contribution >= 4 is 11.8 Å². The summed E-state index contributed by atoms with van der Waals surface area (Å²) < 4.78 is 10.7. The first-order valence-electron chi connectivity index (χ1n) is 6.08. The molecule has 1 aromatic heterocycles. The quantitative estimate of drug-likeness (QED) is 0.852. The first-order chi connectivity index (χ1) is 9.13. The van der Waals surface area contributed by atoms with Crippen LogP contribution in [0.2, 0.25) is 0 Å². The number of hydrogen-bond donors (Lipinski definition) is 1. The molecule has 5 heteroatoms. The first-order valence-corrected chi connectivity index (χ1v) is 6.96. The van der Waals surface area contributed by atoms with E-state index >= 15 is 0 Å². The number of benzene rings is 1. The van der Waals surface area contributed by atoms with E-state index in [4.69, 9.17) is 14.9 Å². The number of ether oxygens (including phenoxy) is 1. The Kier molecular flexibility index (Phi) is 4.50. The minimum Gasteiger partial charge on any atom is -0.497 e. The lowest BCUT2D eigenvalue weighted by atomic mass is 10.1. The average Bonchev–Trinajstić information content (AvgIpc) is 2.75. The standard InChI is InChI=1S/C14H18N2O2S/c1-9-10(2)18-14(16-9)19-13(8-15)11-4-6-12(17-3)7-5-11/h4-7,13H,8,15H2,1-3H3. The van der Waals surface area contributed by atoms with Gasteiger partial charge in [0.2, 0.25) is 0 Å². The molecule has 2 N–H and O–H groups in total. The van der Waals surface area contributed by atoms with Crippen LogP contribution in [0.3, 0.4) is 0 Å². The van der Waals surface area contributed by atoms with Gasteiger partial charge in [0.05, 0.1) is 18.1 Å². The third-order valence-electron chi connectivity index (χ3n) is 2.95.